The molecule has 0 aromatic carbocycles. The molecule has 0 radical (unpaired) electrons. The van der Waals surface area contributed by atoms with Crippen LogP contribution in [0, 0.1) is 0 Å². The fraction of sp³-hybridized carbons (Fsp3) is 0.294. The molecule has 2 amide bonds. The van der Waals surface area contributed by atoms with E-state index in [2.05, 4.69) is 16.7 Å². The second-order valence-electron chi connectivity index (χ2n) is 6.02. The first-order valence-corrected chi connectivity index (χ1v) is 9.03. The van der Waals surface area contributed by atoms with Crippen LogP contribution in [0.1, 0.15) is 15.4 Å². The van der Waals surface area contributed by atoms with Gasteiger partial charge in [-0.25, -0.2) is 9.48 Å². The van der Waals surface area contributed by atoms with Gasteiger partial charge in [-0.3, -0.25) is 14.6 Å². The summed E-state index contributed by atoms with van der Waals surface area (Å²) in [5, 5.41) is 5.87. The molecule has 2 aromatic heterocycles. The first-order chi connectivity index (χ1) is 12.7. The second kappa shape index (κ2) is 6.85. The number of fused-ring (bicyclic) bond motifs is 2. The molecule has 26 heavy (non-hydrogen) atoms. The van der Waals surface area contributed by atoms with Crippen LogP contribution in [0.3, 0.4) is 0 Å². The number of aromatic nitrogens is 3. The van der Waals surface area contributed by atoms with Crippen molar-refractivity contribution in [3.8, 4) is 0 Å². The molecule has 1 unspecified atom stereocenters. The number of nitrogens with zero attached hydrogens (tertiary/aromatic N) is 5. The van der Waals surface area contributed by atoms with E-state index in [1.165, 1.54) is 16.4 Å². The quantitative estimate of drug-likeness (QED) is 0.548. The van der Waals surface area contributed by atoms with Gasteiger partial charge in [0.05, 0.1) is 47.4 Å². The summed E-state index contributed by atoms with van der Waals surface area (Å²) in [7, 11) is 0. The summed E-state index contributed by atoms with van der Waals surface area (Å²) < 4.78 is 1.72. The number of carbonyl (C=O) groups excluding carboxylic acids is 2. The van der Waals surface area contributed by atoms with Gasteiger partial charge < -0.3 is 4.90 Å². The number of carbonyl (C=O) groups is 2. The molecule has 1 fully saturated rings. The lowest BCUT2D eigenvalue weighted by Gasteiger charge is -2.21. The lowest BCUT2D eigenvalue weighted by atomic mass is 10.2. The van der Waals surface area contributed by atoms with E-state index in [9.17, 15) is 9.59 Å². The zero-order chi connectivity index (χ0) is 18.1. The number of hydrogen-bond acceptors (Lipinski definition) is 6. The Balaban J connectivity index is 1.49. The summed E-state index contributed by atoms with van der Waals surface area (Å²) in [4.78, 5) is 36.2. The van der Waals surface area contributed by atoms with Gasteiger partial charge >= 0.3 is 6.03 Å². The third-order valence-corrected chi connectivity index (χ3v) is 5.04. The molecule has 134 valence electrons. The van der Waals surface area contributed by atoms with Crippen molar-refractivity contribution in [2.75, 3.05) is 19.7 Å². The van der Waals surface area contributed by atoms with Crippen molar-refractivity contribution in [2.24, 2.45) is 0 Å². The predicted octanol–water partition coefficient (Wildman–Crippen LogP) is 1.84. The van der Waals surface area contributed by atoms with E-state index < -0.39 is 0 Å². The maximum atomic E-state index is 12.3. The maximum Gasteiger partial charge on any atom is 0.345 e. The Morgan fingerprint density at radius 3 is 3.15 bits per heavy atom. The molecule has 4 rings (SSSR count). The third kappa shape index (κ3) is 3.06. The molecule has 2 aliphatic rings. The number of hydrogen-bond donors (Lipinski definition) is 0. The van der Waals surface area contributed by atoms with Crippen LogP contribution < -0.4 is 0 Å². The molecule has 2 bridgehead atoms. The fourth-order valence-electron chi connectivity index (χ4n) is 3.04. The number of rotatable bonds is 7. The molecule has 1 saturated heterocycles. The lowest BCUT2D eigenvalue weighted by molar-refractivity contribution is -0.107. The number of Topliss-reactive ketones (excluding diaryl/α,β-unsaturated/α-hetero) is 1. The lowest BCUT2D eigenvalue weighted by Crippen LogP contribution is -2.33. The molecular formula is C17H17N5O3S. The van der Waals surface area contributed by atoms with Crippen molar-refractivity contribution in [1.82, 2.24) is 24.7 Å². The van der Waals surface area contributed by atoms with Crippen LogP contribution in [-0.2, 0) is 11.3 Å². The molecule has 1 atom stereocenters. The second-order valence-corrected chi connectivity index (χ2v) is 6.90. The highest BCUT2D eigenvalue weighted by molar-refractivity contribution is 7.11. The highest BCUT2D eigenvalue weighted by Crippen LogP contribution is 2.26. The van der Waals surface area contributed by atoms with Gasteiger partial charge in [-0.15, -0.1) is 17.9 Å². The maximum absolute atomic E-state index is 12.3. The average molecular weight is 371 g/mol. The van der Waals surface area contributed by atoms with Crippen LogP contribution in [0.25, 0.3) is 5.70 Å². The summed E-state index contributed by atoms with van der Waals surface area (Å²) >= 11 is 1.32. The van der Waals surface area contributed by atoms with Crippen LogP contribution in [0.15, 0.2) is 42.7 Å². The standard InChI is InChI=1S/C17H17N5O3S/c1-2-5-25-22-14-7-13(9-20(10-14)17(22)24)21-4-3-12(19-21)6-15(23)16-8-18-11-26-16/h2-4,7-8,11,14H,1,5-6,9-10H2. The third-order valence-electron chi connectivity index (χ3n) is 4.22. The van der Waals surface area contributed by atoms with Gasteiger partial charge in [0.2, 0.25) is 0 Å². The molecule has 2 aromatic rings. The molecule has 0 saturated carbocycles. The van der Waals surface area contributed by atoms with Crippen molar-refractivity contribution < 1.29 is 14.4 Å². The van der Waals surface area contributed by atoms with E-state index in [1.807, 2.05) is 18.3 Å². The predicted molar refractivity (Wildman–Crippen MR) is 95.4 cm³/mol. The zero-order valence-corrected chi connectivity index (χ0v) is 14.8. The molecule has 0 aliphatic carbocycles. The van der Waals surface area contributed by atoms with Crippen LogP contribution in [0.5, 0.6) is 0 Å². The molecule has 0 spiro atoms. The van der Waals surface area contributed by atoms with Crippen molar-refractivity contribution in [2.45, 2.75) is 12.5 Å². The summed E-state index contributed by atoms with van der Waals surface area (Å²) in [6, 6.07) is 1.51. The topological polar surface area (TPSA) is 80.6 Å². The Labute approximate surface area is 153 Å². The van der Waals surface area contributed by atoms with E-state index in [0.717, 1.165) is 5.70 Å². The van der Waals surface area contributed by atoms with Gasteiger partial charge in [0.15, 0.2) is 5.78 Å². The number of urea groups is 1. The minimum absolute atomic E-state index is 0.00151. The van der Waals surface area contributed by atoms with E-state index in [0.29, 0.717) is 23.7 Å². The van der Waals surface area contributed by atoms with Gasteiger partial charge in [0.25, 0.3) is 0 Å². The van der Waals surface area contributed by atoms with Gasteiger partial charge in [-0.2, -0.15) is 10.2 Å². The molecular weight excluding hydrogens is 354 g/mol. The number of thiazole rings is 1. The first kappa shape index (κ1) is 16.7. The van der Waals surface area contributed by atoms with E-state index >= 15 is 0 Å². The normalized spacial score (nSPS) is 19.0. The van der Waals surface area contributed by atoms with Crippen LogP contribution in [0.4, 0.5) is 4.79 Å². The average Bonchev–Trinajstić information content (AvgIpc) is 3.36. The van der Waals surface area contributed by atoms with Gasteiger partial charge in [0.1, 0.15) is 0 Å². The minimum atomic E-state index is -0.157. The van der Waals surface area contributed by atoms with Gasteiger partial charge in [0, 0.05) is 18.9 Å². The Bertz CT molecular complexity index is 873. The first-order valence-electron chi connectivity index (χ1n) is 8.15. The number of hydroxylamine groups is 2. The van der Waals surface area contributed by atoms with E-state index in [4.69, 9.17) is 4.84 Å². The highest BCUT2D eigenvalue weighted by atomic mass is 32.1. The monoisotopic (exact) mass is 371 g/mol. The Kier molecular flexibility index (Phi) is 4.39. The fourth-order valence-corrected chi connectivity index (χ4v) is 3.60. The molecule has 8 nitrogen and oxygen atoms in total. The highest BCUT2D eigenvalue weighted by Gasteiger charge is 2.41. The molecule has 0 N–H and O–H groups in total. The Morgan fingerprint density at radius 1 is 1.50 bits per heavy atom. The smallest absolute Gasteiger partial charge is 0.314 e. The van der Waals surface area contributed by atoms with Crippen molar-refractivity contribution in [1.29, 1.82) is 0 Å². The molecule has 2 aliphatic heterocycles. The van der Waals surface area contributed by atoms with Gasteiger partial charge in [-0.05, 0) is 12.1 Å². The van der Waals surface area contributed by atoms with Crippen molar-refractivity contribution >= 4 is 28.8 Å². The largest absolute Gasteiger partial charge is 0.345 e. The van der Waals surface area contributed by atoms with E-state index in [1.54, 1.807) is 27.4 Å². The van der Waals surface area contributed by atoms with Crippen molar-refractivity contribution in [3.05, 3.63) is 53.3 Å². The number of ketones is 1. The summed E-state index contributed by atoms with van der Waals surface area (Å²) in [5.41, 5.74) is 3.21. The minimum Gasteiger partial charge on any atom is -0.314 e. The number of amides is 2. The van der Waals surface area contributed by atoms with Crippen LogP contribution in [0.2, 0.25) is 0 Å². The van der Waals surface area contributed by atoms with Gasteiger partial charge in [-0.1, -0.05) is 6.08 Å². The van der Waals surface area contributed by atoms with Crippen LogP contribution >= 0.6 is 11.3 Å². The van der Waals surface area contributed by atoms with Crippen LogP contribution in [-0.4, -0.2) is 62.3 Å². The summed E-state index contributed by atoms with van der Waals surface area (Å²) in [6.45, 7) is 4.93. The van der Waals surface area contributed by atoms with E-state index in [-0.39, 0.29) is 30.9 Å². The van der Waals surface area contributed by atoms with Crippen molar-refractivity contribution in [3.63, 3.8) is 0 Å². The zero-order valence-electron chi connectivity index (χ0n) is 13.9. The Hall–Kier alpha value is -2.78. The SMILES string of the molecule is C=CCON1C(=O)N2CC(n3ccc(CC(=O)c4cncs4)n3)=CC1C2. The summed E-state index contributed by atoms with van der Waals surface area (Å²) in [5.74, 6) is -0.00151. The molecule has 9 heteroatoms. The summed E-state index contributed by atoms with van der Waals surface area (Å²) in [6.07, 6.45) is 7.19. The molecule has 4 heterocycles. The Morgan fingerprint density at radius 2 is 2.38 bits per heavy atom.